The Bertz CT molecular complexity index is 707. The van der Waals surface area contributed by atoms with Crippen molar-refractivity contribution < 1.29 is 4.74 Å². The van der Waals surface area contributed by atoms with Gasteiger partial charge in [0, 0.05) is 5.56 Å². The predicted octanol–water partition coefficient (Wildman–Crippen LogP) is 6.95. The van der Waals surface area contributed by atoms with Gasteiger partial charge in [0.25, 0.3) is 0 Å². The number of aryl methyl sites for hydroxylation is 1. The van der Waals surface area contributed by atoms with E-state index in [1.807, 2.05) is 12.1 Å². The van der Waals surface area contributed by atoms with Crippen LogP contribution in [0.4, 0.5) is 0 Å². The van der Waals surface area contributed by atoms with E-state index in [2.05, 4.69) is 54.9 Å². The highest BCUT2D eigenvalue weighted by molar-refractivity contribution is 5.41. The van der Waals surface area contributed by atoms with Crippen LogP contribution in [-0.2, 0) is 6.42 Å². The van der Waals surface area contributed by atoms with Crippen LogP contribution in [0, 0.1) is 11.8 Å². The zero-order valence-electron chi connectivity index (χ0n) is 17.7. The molecule has 1 aromatic carbocycles. The molecule has 1 heterocycles. The molecule has 0 atom stereocenters. The Hall–Kier alpha value is -2.27. The van der Waals surface area contributed by atoms with Crippen LogP contribution in [0.25, 0.3) is 0 Å². The Kier molecular flexibility index (Phi) is 10.9. The minimum Gasteiger partial charge on any atom is -0.492 e. The van der Waals surface area contributed by atoms with E-state index >= 15 is 0 Å². The average Bonchev–Trinajstić information content (AvgIpc) is 2.73. The summed E-state index contributed by atoms with van der Waals surface area (Å²) in [5.41, 5.74) is 3.20. The van der Waals surface area contributed by atoms with Gasteiger partial charge in [0.05, 0.1) is 12.8 Å². The fourth-order valence-corrected chi connectivity index (χ4v) is 3.08. The number of nitrogens with zero attached hydrogens (tertiary/aromatic N) is 1. The van der Waals surface area contributed by atoms with Gasteiger partial charge in [-0.05, 0) is 55.0 Å². The SMILES string of the molecule is CCCCCCCCOc1ccc(C#Cc2ccc(CCCCC)cc2)nc1. The molecule has 0 spiro atoms. The third-order valence-electron chi connectivity index (χ3n) is 4.86. The predicted molar refractivity (Wildman–Crippen MR) is 119 cm³/mol. The number of benzene rings is 1. The average molecular weight is 378 g/mol. The van der Waals surface area contributed by atoms with E-state index in [0.29, 0.717) is 0 Å². The molecule has 0 bridgehead atoms. The lowest BCUT2D eigenvalue weighted by atomic mass is 10.1. The standard InChI is InChI=1S/C26H35NO/c1-3-5-7-8-9-11-21-28-26-20-19-25(27-22-26)18-17-24-15-13-23(14-16-24)12-10-6-4-2/h13-16,19-20,22H,3-12,21H2,1-2H3. The second kappa shape index (κ2) is 13.8. The zero-order chi connectivity index (χ0) is 19.9. The van der Waals surface area contributed by atoms with E-state index in [4.69, 9.17) is 4.74 Å². The highest BCUT2D eigenvalue weighted by Gasteiger charge is 1.97. The van der Waals surface area contributed by atoms with Gasteiger partial charge in [-0.3, -0.25) is 0 Å². The topological polar surface area (TPSA) is 22.1 Å². The molecule has 150 valence electrons. The van der Waals surface area contributed by atoms with Crippen LogP contribution in [0.15, 0.2) is 42.6 Å². The number of aromatic nitrogens is 1. The largest absolute Gasteiger partial charge is 0.492 e. The summed E-state index contributed by atoms with van der Waals surface area (Å²) in [5.74, 6) is 7.17. The molecule has 0 aliphatic rings. The minimum absolute atomic E-state index is 0.767. The first-order valence-corrected chi connectivity index (χ1v) is 11.0. The van der Waals surface area contributed by atoms with Crippen molar-refractivity contribution in [3.63, 3.8) is 0 Å². The fourth-order valence-electron chi connectivity index (χ4n) is 3.08. The zero-order valence-corrected chi connectivity index (χ0v) is 17.7. The number of hydrogen-bond acceptors (Lipinski definition) is 2. The molecular weight excluding hydrogens is 342 g/mol. The van der Waals surface area contributed by atoms with Crippen molar-refractivity contribution in [1.82, 2.24) is 4.98 Å². The van der Waals surface area contributed by atoms with Crippen LogP contribution in [0.5, 0.6) is 5.75 Å². The molecule has 1 aromatic heterocycles. The van der Waals surface area contributed by atoms with Gasteiger partial charge < -0.3 is 4.74 Å². The second-order valence-corrected chi connectivity index (χ2v) is 7.40. The molecule has 0 aliphatic heterocycles. The number of pyridine rings is 1. The minimum atomic E-state index is 0.767. The van der Waals surface area contributed by atoms with E-state index in [1.165, 1.54) is 56.9 Å². The lowest BCUT2D eigenvalue weighted by Crippen LogP contribution is -1.98. The molecule has 0 saturated heterocycles. The molecule has 0 N–H and O–H groups in total. The lowest BCUT2D eigenvalue weighted by Gasteiger charge is -2.05. The van der Waals surface area contributed by atoms with Crippen molar-refractivity contribution >= 4 is 0 Å². The van der Waals surface area contributed by atoms with E-state index < -0.39 is 0 Å². The third kappa shape index (κ3) is 9.09. The van der Waals surface area contributed by atoms with Crippen molar-refractivity contribution in [2.75, 3.05) is 6.61 Å². The van der Waals surface area contributed by atoms with Crippen molar-refractivity contribution in [1.29, 1.82) is 0 Å². The van der Waals surface area contributed by atoms with E-state index in [9.17, 15) is 0 Å². The monoisotopic (exact) mass is 377 g/mol. The van der Waals surface area contributed by atoms with Crippen LogP contribution >= 0.6 is 0 Å². The van der Waals surface area contributed by atoms with Crippen molar-refractivity contribution in [3.05, 3.63) is 59.4 Å². The van der Waals surface area contributed by atoms with Crippen LogP contribution in [0.1, 0.15) is 88.5 Å². The summed E-state index contributed by atoms with van der Waals surface area (Å²) < 4.78 is 5.77. The van der Waals surface area contributed by atoms with Gasteiger partial charge in [0.15, 0.2) is 0 Å². The maximum Gasteiger partial charge on any atom is 0.137 e. The van der Waals surface area contributed by atoms with E-state index in [1.54, 1.807) is 6.20 Å². The number of ether oxygens (including phenoxy) is 1. The number of rotatable bonds is 12. The van der Waals surface area contributed by atoms with Gasteiger partial charge in [0.2, 0.25) is 0 Å². The van der Waals surface area contributed by atoms with Crippen LogP contribution < -0.4 is 4.74 Å². The molecule has 2 nitrogen and oxygen atoms in total. The van der Waals surface area contributed by atoms with Crippen LogP contribution in [0.2, 0.25) is 0 Å². The van der Waals surface area contributed by atoms with Crippen LogP contribution in [0.3, 0.4) is 0 Å². The Morgan fingerprint density at radius 1 is 0.750 bits per heavy atom. The Labute approximate surface area is 171 Å². The highest BCUT2D eigenvalue weighted by Crippen LogP contribution is 2.12. The van der Waals surface area contributed by atoms with Crippen LogP contribution in [-0.4, -0.2) is 11.6 Å². The van der Waals surface area contributed by atoms with Gasteiger partial charge in [-0.2, -0.15) is 0 Å². The Morgan fingerprint density at radius 2 is 1.46 bits per heavy atom. The van der Waals surface area contributed by atoms with Crippen molar-refractivity contribution in [2.45, 2.75) is 78.1 Å². The summed E-state index contributed by atoms with van der Waals surface area (Å²) in [6.07, 6.45) is 14.4. The first-order chi connectivity index (χ1) is 13.8. The Balaban J connectivity index is 1.73. The van der Waals surface area contributed by atoms with E-state index in [-0.39, 0.29) is 0 Å². The molecule has 28 heavy (non-hydrogen) atoms. The van der Waals surface area contributed by atoms with Crippen molar-refractivity contribution in [3.8, 4) is 17.6 Å². The molecule has 0 radical (unpaired) electrons. The quantitative estimate of drug-likeness (QED) is 0.295. The van der Waals surface area contributed by atoms with Gasteiger partial charge in [-0.15, -0.1) is 0 Å². The summed E-state index contributed by atoms with van der Waals surface area (Å²) in [4.78, 5) is 4.40. The summed E-state index contributed by atoms with van der Waals surface area (Å²) in [7, 11) is 0. The van der Waals surface area contributed by atoms with Gasteiger partial charge in [0.1, 0.15) is 11.4 Å². The molecule has 2 heteroatoms. The first kappa shape index (κ1) is 22.0. The van der Waals surface area contributed by atoms with Crippen molar-refractivity contribution in [2.24, 2.45) is 0 Å². The molecule has 0 amide bonds. The summed E-state index contributed by atoms with van der Waals surface area (Å²) in [6, 6.07) is 12.5. The summed E-state index contributed by atoms with van der Waals surface area (Å²) in [6.45, 7) is 5.25. The summed E-state index contributed by atoms with van der Waals surface area (Å²) in [5, 5.41) is 0. The maximum atomic E-state index is 5.77. The lowest BCUT2D eigenvalue weighted by molar-refractivity contribution is 0.303. The highest BCUT2D eigenvalue weighted by atomic mass is 16.5. The maximum absolute atomic E-state index is 5.77. The molecule has 0 aliphatic carbocycles. The second-order valence-electron chi connectivity index (χ2n) is 7.40. The first-order valence-electron chi connectivity index (χ1n) is 11.0. The molecule has 0 saturated carbocycles. The summed E-state index contributed by atoms with van der Waals surface area (Å²) >= 11 is 0. The molecule has 0 fully saturated rings. The molecular formula is C26H35NO. The molecule has 0 unspecified atom stereocenters. The normalized spacial score (nSPS) is 10.4. The van der Waals surface area contributed by atoms with Gasteiger partial charge in [-0.1, -0.05) is 76.8 Å². The number of unbranched alkanes of at least 4 members (excludes halogenated alkanes) is 7. The number of hydrogen-bond donors (Lipinski definition) is 0. The Morgan fingerprint density at radius 3 is 2.18 bits per heavy atom. The molecule has 2 rings (SSSR count). The smallest absolute Gasteiger partial charge is 0.137 e. The third-order valence-corrected chi connectivity index (χ3v) is 4.86. The van der Waals surface area contributed by atoms with E-state index in [0.717, 1.165) is 36.5 Å². The molecule has 2 aromatic rings. The van der Waals surface area contributed by atoms with Gasteiger partial charge in [-0.25, -0.2) is 4.98 Å². The van der Waals surface area contributed by atoms with Gasteiger partial charge >= 0.3 is 0 Å². The fraction of sp³-hybridized carbons (Fsp3) is 0.500.